The maximum absolute atomic E-state index is 5.80. The highest BCUT2D eigenvalue weighted by Gasteiger charge is 2.31. The first-order chi connectivity index (χ1) is 10.7. The van der Waals surface area contributed by atoms with Crippen LogP contribution in [0.15, 0.2) is 58.3 Å². The van der Waals surface area contributed by atoms with E-state index >= 15 is 0 Å². The standard InChI is InChI=1S/C18H22N2OS/c1-18(21-3,12-19-2)13-20-14-8-4-6-10-16(14)22-17-11-7-5-9-15(17)20/h4-11,19H,12-13H2,1-3H3. The van der Waals surface area contributed by atoms with Crippen LogP contribution in [-0.2, 0) is 4.74 Å². The number of likely N-dealkylation sites (N-methyl/N-ethyl adjacent to an activating group) is 1. The molecule has 2 aromatic carbocycles. The van der Waals surface area contributed by atoms with Crippen molar-refractivity contribution in [1.29, 1.82) is 0 Å². The van der Waals surface area contributed by atoms with Gasteiger partial charge in [0.25, 0.3) is 0 Å². The summed E-state index contributed by atoms with van der Waals surface area (Å²) in [6.07, 6.45) is 0. The van der Waals surface area contributed by atoms with Crippen LogP contribution in [0.3, 0.4) is 0 Å². The maximum atomic E-state index is 5.80. The third-order valence-electron chi connectivity index (χ3n) is 4.07. The minimum Gasteiger partial charge on any atom is -0.375 e. The van der Waals surface area contributed by atoms with Crippen LogP contribution >= 0.6 is 11.8 Å². The van der Waals surface area contributed by atoms with Crippen LogP contribution in [0, 0.1) is 0 Å². The molecule has 1 aliphatic rings. The van der Waals surface area contributed by atoms with Gasteiger partial charge in [-0.25, -0.2) is 0 Å². The Labute approximate surface area is 136 Å². The van der Waals surface area contributed by atoms with Crippen LogP contribution in [-0.4, -0.2) is 32.8 Å². The van der Waals surface area contributed by atoms with Gasteiger partial charge in [0.2, 0.25) is 0 Å². The molecule has 0 bridgehead atoms. The highest BCUT2D eigenvalue weighted by molar-refractivity contribution is 7.99. The molecule has 0 aromatic heterocycles. The number of hydrogen-bond donors (Lipinski definition) is 1. The Morgan fingerprint density at radius 3 is 2.09 bits per heavy atom. The van der Waals surface area contributed by atoms with Crippen LogP contribution < -0.4 is 10.2 Å². The van der Waals surface area contributed by atoms with Gasteiger partial charge in [-0.2, -0.15) is 0 Å². The Morgan fingerprint density at radius 2 is 1.59 bits per heavy atom. The second-order valence-corrected chi connectivity index (χ2v) is 6.89. The molecule has 0 aliphatic carbocycles. The first kappa shape index (κ1) is 15.4. The summed E-state index contributed by atoms with van der Waals surface area (Å²) in [5.41, 5.74) is 2.26. The van der Waals surface area contributed by atoms with Crippen molar-refractivity contribution in [3.63, 3.8) is 0 Å². The van der Waals surface area contributed by atoms with Crippen molar-refractivity contribution in [3.05, 3.63) is 48.5 Å². The molecule has 2 aromatic rings. The third kappa shape index (κ3) is 2.86. The maximum Gasteiger partial charge on any atom is 0.0952 e. The lowest BCUT2D eigenvalue weighted by molar-refractivity contribution is 0.0161. The SMILES string of the molecule is CNCC(C)(CN1c2ccccc2Sc2ccccc21)OC. The highest BCUT2D eigenvalue weighted by atomic mass is 32.2. The monoisotopic (exact) mass is 314 g/mol. The number of para-hydroxylation sites is 2. The Bertz CT molecular complexity index is 616. The predicted octanol–water partition coefficient (Wildman–Crippen LogP) is 3.91. The summed E-state index contributed by atoms with van der Waals surface area (Å²) in [7, 11) is 3.75. The van der Waals surface area contributed by atoms with Gasteiger partial charge < -0.3 is 15.0 Å². The lowest BCUT2D eigenvalue weighted by atomic mass is 10.0. The van der Waals surface area contributed by atoms with Crippen LogP contribution in [0.2, 0.25) is 0 Å². The van der Waals surface area contributed by atoms with E-state index in [0.717, 1.165) is 13.1 Å². The Hall–Kier alpha value is -1.49. The normalized spacial score (nSPS) is 15.9. The van der Waals surface area contributed by atoms with Gasteiger partial charge in [-0.15, -0.1) is 0 Å². The van der Waals surface area contributed by atoms with E-state index in [1.807, 2.05) is 18.8 Å². The topological polar surface area (TPSA) is 24.5 Å². The largest absolute Gasteiger partial charge is 0.375 e. The number of nitrogens with one attached hydrogen (secondary N) is 1. The van der Waals surface area contributed by atoms with Crippen LogP contribution in [0.1, 0.15) is 6.92 Å². The summed E-state index contributed by atoms with van der Waals surface area (Å²) in [5, 5.41) is 3.24. The average molecular weight is 314 g/mol. The van der Waals surface area contributed by atoms with Crippen molar-refractivity contribution in [3.8, 4) is 0 Å². The molecule has 1 aliphatic heterocycles. The zero-order valence-corrected chi connectivity index (χ0v) is 14.1. The molecule has 1 N–H and O–H groups in total. The van der Waals surface area contributed by atoms with Gasteiger partial charge in [0, 0.05) is 23.4 Å². The fourth-order valence-electron chi connectivity index (χ4n) is 2.85. The molecule has 22 heavy (non-hydrogen) atoms. The molecule has 0 spiro atoms. The molecule has 0 saturated heterocycles. The van der Waals surface area contributed by atoms with Gasteiger partial charge in [0.15, 0.2) is 0 Å². The van der Waals surface area contributed by atoms with Gasteiger partial charge in [-0.1, -0.05) is 36.0 Å². The molecule has 1 heterocycles. The minimum atomic E-state index is -0.253. The Balaban J connectivity index is 2.03. The fourth-order valence-corrected chi connectivity index (χ4v) is 3.95. The molecular weight excluding hydrogens is 292 g/mol. The number of fused-ring (bicyclic) bond motifs is 2. The van der Waals surface area contributed by atoms with Gasteiger partial charge in [-0.05, 0) is 38.2 Å². The number of benzene rings is 2. The van der Waals surface area contributed by atoms with E-state index in [4.69, 9.17) is 4.74 Å². The number of methoxy groups -OCH3 is 1. The summed E-state index contributed by atoms with van der Waals surface area (Å²) in [5.74, 6) is 0. The van der Waals surface area contributed by atoms with Crippen LogP contribution in [0.5, 0.6) is 0 Å². The van der Waals surface area contributed by atoms with Gasteiger partial charge in [-0.3, -0.25) is 0 Å². The highest BCUT2D eigenvalue weighted by Crippen LogP contribution is 2.48. The van der Waals surface area contributed by atoms with E-state index in [1.54, 1.807) is 7.11 Å². The molecule has 116 valence electrons. The molecule has 1 unspecified atom stereocenters. The fraction of sp³-hybridized carbons (Fsp3) is 0.333. The molecular formula is C18H22N2OS. The van der Waals surface area contributed by atoms with E-state index in [0.29, 0.717) is 0 Å². The van der Waals surface area contributed by atoms with E-state index in [2.05, 4.69) is 65.7 Å². The van der Waals surface area contributed by atoms with Gasteiger partial charge in [0.1, 0.15) is 0 Å². The summed E-state index contributed by atoms with van der Waals surface area (Å²) in [6, 6.07) is 17.1. The summed E-state index contributed by atoms with van der Waals surface area (Å²) < 4.78 is 5.80. The number of rotatable bonds is 5. The molecule has 4 heteroatoms. The zero-order chi connectivity index (χ0) is 15.6. The molecule has 0 radical (unpaired) electrons. The van der Waals surface area contributed by atoms with Crippen LogP contribution in [0.4, 0.5) is 11.4 Å². The smallest absolute Gasteiger partial charge is 0.0952 e. The van der Waals surface area contributed by atoms with Crippen LogP contribution in [0.25, 0.3) is 0 Å². The molecule has 1 atom stereocenters. The number of anilines is 2. The first-order valence-electron chi connectivity index (χ1n) is 7.50. The lowest BCUT2D eigenvalue weighted by Gasteiger charge is -2.39. The third-order valence-corrected chi connectivity index (χ3v) is 5.20. The van der Waals surface area contributed by atoms with Crippen molar-refractivity contribution in [1.82, 2.24) is 5.32 Å². The number of ether oxygens (including phenoxy) is 1. The van der Waals surface area contributed by atoms with E-state index in [1.165, 1.54) is 21.2 Å². The lowest BCUT2D eigenvalue weighted by Crippen LogP contribution is -2.47. The second kappa shape index (κ2) is 6.32. The Morgan fingerprint density at radius 1 is 1.05 bits per heavy atom. The summed E-state index contributed by atoms with van der Waals surface area (Å²) in [6.45, 7) is 3.76. The molecule has 0 saturated carbocycles. The number of nitrogens with zero attached hydrogens (tertiary/aromatic N) is 1. The van der Waals surface area contributed by atoms with Crippen molar-refractivity contribution < 1.29 is 4.74 Å². The van der Waals surface area contributed by atoms with E-state index < -0.39 is 0 Å². The van der Waals surface area contributed by atoms with E-state index in [9.17, 15) is 0 Å². The van der Waals surface area contributed by atoms with Crippen molar-refractivity contribution >= 4 is 23.1 Å². The zero-order valence-electron chi connectivity index (χ0n) is 13.3. The molecule has 0 amide bonds. The molecule has 3 nitrogen and oxygen atoms in total. The van der Waals surface area contributed by atoms with Gasteiger partial charge >= 0.3 is 0 Å². The summed E-state index contributed by atoms with van der Waals surface area (Å²) in [4.78, 5) is 4.97. The van der Waals surface area contributed by atoms with Crippen molar-refractivity contribution in [2.75, 3.05) is 32.1 Å². The van der Waals surface area contributed by atoms with Gasteiger partial charge in [0.05, 0.1) is 23.5 Å². The predicted molar refractivity (Wildman–Crippen MR) is 93.4 cm³/mol. The van der Waals surface area contributed by atoms with Crippen molar-refractivity contribution in [2.24, 2.45) is 0 Å². The minimum absolute atomic E-state index is 0.253. The average Bonchev–Trinajstić information content (AvgIpc) is 2.55. The van der Waals surface area contributed by atoms with Crippen molar-refractivity contribution in [2.45, 2.75) is 22.3 Å². The second-order valence-electron chi connectivity index (χ2n) is 5.81. The first-order valence-corrected chi connectivity index (χ1v) is 8.32. The molecule has 3 rings (SSSR count). The van der Waals surface area contributed by atoms with E-state index in [-0.39, 0.29) is 5.60 Å². The quantitative estimate of drug-likeness (QED) is 0.904. The summed E-state index contributed by atoms with van der Waals surface area (Å²) >= 11 is 1.84. The molecule has 0 fully saturated rings. The Kier molecular flexibility index (Phi) is 4.43. The number of hydrogen-bond acceptors (Lipinski definition) is 4.